The van der Waals surface area contributed by atoms with Crippen LogP contribution in [0.1, 0.15) is 25.8 Å². The van der Waals surface area contributed by atoms with E-state index in [-0.39, 0.29) is 5.92 Å². The number of rotatable bonds is 6. The number of thioether (sulfide) groups is 1. The Labute approximate surface area is 101 Å². The van der Waals surface area contributed by atoms with Gasteiger partial charge in [-0.3, -0.25) is 4.79 Å². The first kappa shape index (κ1) is 13.1. The fraction of sp³-hybridized carbons (Fsp3) is 0.462. The van der Waals surface area contributed by atoms with Gasteiger partial charge in [0, 0.05) is 10.6 Å². The molecule has 3 heteroatoms. The van der Waals surface area contributed by atoms with Crippen LogP contribution in [0, 0.1) is 5.92 Å². The minimum Gasteiger partial charge on any atom is -0.481 e. The minimum atomic E-state index is -0.727. The summed E-state index contributed by atoms with van der Waals surface area (Å²) in [4.78, 5) is 11.8. The summed E-state index contributed by atoms with van der Waals surface area (Å²) in [5, 5.41) is 8.76. The average Bonchev–Trinajstić information content (AvgIpc) is 2.28. The first-order valence-electron chi connectivity index (χ1n) is 5.58. The van der Waals surface area contributed by atoms with Gasteiger partial charge in [0.25, 0.3) is 0 Å². The number of benzene rings is 1. The van der Waals surface area contributed by atoms with E-state index in [2.05, 4.69) is 31.2 Å². The summed E-state index contributed by atoms with van der Waals surface area (Å²) in [5.74, 6) is -0.391. The normalized spacial score (nSPS) is 12.4. The van der Waals surface area contributed by atoms with Gasteiger partial charge in [-0.05, 0) is 24.1 Å². The molecule has 88 valence electrons. The molecule has 0 aliphatic carbocycles. The highest BCUT2D eigenvalue weighted by Crippen LogP contribution is 2.21. The van der Waals surface area contributed by atoms with Crippen molar-refractivity contribution >= 4 is 17.7 Å². The third-order valence-corrected chi connectivity index (χ3v) is 3.66. The zero-order valence-corrected chi connectivity index (χ0v) is 10.6. The molecule has 1 unspecified atom stereocenters. The third-order valence-electron chi connectivity index (χ3n) is 2.38. The molecule has 1 atom stereocenters. The predicted molar refractivity (Wildman–Crippen MR) is 68.0 cm³/mol. The maximum Gasteiger partial charge on any atom is 0.307 e. The lowest BCUT2D eigenvalue weighted by molar-refractivity contribution is -0.140. The van der Waals surface area contributed by atoms with Gasteiger partial charge in [0.1, 0.15) is 0 Å². The van der Waals surface area contributed by atoms with Gasteiger partial charge in [-0.15, -0.1) is 11.8 Å². The fourth-order valence-electron chi connectivity index (χ4n) is 1.33. The molecule has 0 fully saturated rings. The van der Waals surface area contributed by atoms with Crippen LogP contribution in [0.2, 0.25) is 0 Å². The Bertz CT molecular complexity index is 332. The van der Waals surface area contributed by atoms with Crippen molar-refractivity contribution in [2.24, 2.45) is 5.92 Å². The van der Waals surface area contributed by atoms with Crippen molar-refractivity contribution in [3.8, 4) is 0 Å². The molecule has 0 saturated carbocycles. The third kappa shape index (κ3) is 4.27. The first-order chi connectivity index (χ1) is 7.63. The van der Waals surface area contributed by atoms with Crippen molar-refractivity contribution in [1.29, 1.82) is 0 Å². The second-order valence-electron chi connectivity index (χ2n) is 3.94. The molecule has 0 heterocycles. The first-order valence-corrected chi connectivity index (χ1v) is 6.56. The molecule has 1 N–H and O–H groups in total. The summed E-state index contributed by atoms with van der Waals surface area (Å²) in [5.41, 5.74) is 1.35. The van der Waals surface area contributed by atoms with Crippen LogP contribution in [-0.4, -0.2) is 16.8 Å². The predicted octanol–water partition coefficient (Wildman–Crippen LogP) is 3.45. The van der Waals surface area contributed by atoms with Crippen molar-refractivity contribution < 1.29 is 9.90 Å². The maximum absolute atomic E-state index is 10.6. The molecule has 1 rings (SSSR count). The standard InChI is InChI=1S/C13H18O2S/c1-3-4-11-5-7-12(8-6-11)16-9-10(2)13(14)15/h5-8,10H,3-4,9H2,1-2H3,(H,14,15). The van der Waals surface area contributed by atoms with E-state index in [1.165, 1.54) is 5.56 Å². The molecule has 0 aliphatic heterocycles. The van der Waals surface area contributed by atoms with Crippen LogP contribution < -0.4 is 0 Å². The van der Waals surface area contributed by atoms with Gasteiger partial charge in [0.15, 0.2) is 0 Å². The average molecular weight is 238 g/mol. The van der Waals surface area contributed by atoms with Crippen LogP contribution in [0.4, 0.5) is 0 Å². The van der Waals surface area contributed by atoms with E-state index in [1.54, 1.807) is 18.7 Å². The van der Waals surface area contributed by atoms with E-state index in [1.807, 2.05) is 0 Å². The molecule has 0 radical (unpaired) electrons. The molecule has 0 aromatic heterocycles. The summed E-state index contributed by atoms with van der Waals surface area (Å²) in [6, 6.07) is 8.39. The van der Waals surface area contributed by atoms with E-state index in [9.17, 15) is 4.79 Å². The van der Waals surface area contributed by atoms with E-state index in [4.69, 9.17) is 5.11 Å². The minimum absolute atomic E-state index is 0.291. The maximum atomic E-state index is 10.6. The van der Waals surface area contributed by atoms with Crippen molar-refractivity contribution in [2.75, 3.05) is 5.75 Å². The second kappa shape index (κ2) is 6.59. The molecular weight excluding hydrogens is 220 g/mol. The molecule has 0 spiro atoms. The van der Waals surface area contributed by atoms with Crippen LogP contribution in [0.25, 0.3) is 0 Å². The molecule has 0 bridgehead atoms. The number of hydrogen-bond donors (Lipinski definition) is 1. The number of carbonyl (C=O) groups is 1. The Morgan fingerprint density at radius 3 is 2.50 bits per heavy atom. The Hall–Kier alpha value is -0.960. The second-order valence-corrected chi connectivity index (χ2v) is 5.04. The van der Waals surface area contributed by atoms with Gasteiger partial charge in [-0.1, -0.05) is 32.4 Å². The van der Waals surface area contributed by atoms with Crippen molar-refractivity contribution in [2.45, 2.75) is 31.6 Å². The lowest BCUT2D eigenvalue weighted by Gasteiger charge is -2.06. The zero-order chi connectivity index (χ0) is 12.0. The van der Waals surface area contributed by atoms with Crippen LogP contribution in [0.5, 0.6) is 0 Å². The highest BCUT2D eigenvalue weighted by molar-refractivity contribution is 7.99. The Balaban J connectivity index is 2.46. The number of carboxylic acids is 1. The van der Waals surface area contributed by atoms with Crippen molar-refractivity contribution in [1.82, 2.24) is 0 Å². The van der Waals surface area contributed by atoms with Crippen LogP contribution in [-0.2, 0) is 11.2 Å². The summed E-state index contributed by atoms with van der Waals surface area (Å²) in [7, 11) is 0. The highest BCUT2D eigenvalue weighted by atomic mass is 32.2. The molecule has 1 aromatic rings. The van der Waals surface area contributed by atoms with Crippen molar-refractivity contribution in [3.05, 3.63) is 29.8 Å². The molecule has 16 heavy (non-hydrogen) atoms. The molecule has 2 nitrogen and oxygen atoms in total. The smallest absolute Gasteiger partial charge is 0.307 e. The van der Waals surface area contributed by atoms with Crippen molar-refractivity contribution in [3.63, 3.8) is 0 Å². The van der Waals surface area contributed by atoms with Gasteiger partial charge in [-0.2, -0.15) is 0 Å². The Morgan fingerprint density at radius 1 is 1.38 bits per heavy atom. The van der Waals surface area contributed by atoms with Crippen LogP contribution in [0.3, 0.4) is 0 Å². The van der Waals surface area contributed by atoms with Crippen LogP contribution in [0.15, 0.2) is 29.2 Å². The lowest BCUT2D eigenvalue weighted by atomic mass is 10.1. The summed E-state index contributed by atoms with van der Waals surface area (Å²) >= 11 is 1.60. The van der Waals surface area contributed by atoms with Crippen LogP contribution >= 0.6 is 11.8 Å². The fourth-order valence-corrected chi connectivity index (χ4v) is 2.25. The largest absolute Gasteiger partial charge is 0.481 e. The number of hydrogen-bond acceptors (Lipinski definition) is 2. The van der Waals surface area contributed by atoms with E-state index in [0.717, 1.165) is 17.7 Å². The highest BCUT2D eigenvalue weighted by Gasteiger charge is 2.10. The van der Waals surface area contributed by atoms with E-state index >= 15 is 0 Å². The molecule has 1 aromatic carbocycles. The lowest BCUT2D eigenvalue weighted by Crippen LogP contribution is -2.11. The molecule has 0 amide bonds. The summed E-state index contributed by atoms with van der Waals surface area (Å²) in [6.45, 7) is 3.90. The van der Waals surface area contributed by atoms with Gasteiger partial charge in [0.2, 0.25) is 0 Å². The monoisotopic (exact) mass is 238 g/mol. The molecule has 0 saturated heterocycles. The SMILES string of the molecule is CCCc1ccc(SCC(C)C(=O)O)cc1. The van der Waals surface area contributed by atoms with Gasteiger partial charge < -0.3 is 5.11 Å². The zero-order valence-electron chi connectivity index (χ0n) is 9.77. The van der Waals surface area contributed by atoms with E-state index < -0.39 is 5.97 Å². The van der Waals surface area contributed by atoms with Gasteiger partial charge in [0.05, 0.1) is 5.92 Å². The summed E-state index contributed by atoms with van der Waals surface area (Å²) < 4.78 is 0. The number of aryl methyl sites for hydroxylation is 1. The number of carboxylic acid groups (broad SMARTS) is 1. The van der Waals surface area contributed by atoms with Gasteiger partial charge in [-0.25, -0.2) is 0 Å². The quantitative estimate of drug-likeness (QED) is 0.771. The van der Waals surface area contributed by atoms with Gasteiger partial charge >= 0.3 is 5.97 Å². The molecule has 0 aliphatic rings. The Morgan fingerprint density at radius 2 is 2.00 bits per heavy atom. The van der Waals surface area contributed by atoms with E-state index in [0.29, 0.717) is 5.75 Å². The molecular formula is C13H18O2S. The Kier molecular flexibility index (Phi) is 5.39. The topological polar surface area (TPSA) is 37.3 Å². The summed E-state index contributed by atoms with van der Waals surface area (Å²) in [6.07, 6.45) is 2.26. The number of aliphatic carboxylic acids is 1.